The average molecular weight is 278 g/mol. The van der Waals surface area contributed by atoms with Crippen LogP contribution in [-0.2, 0) is 17.3 Å². The number of aliphatic carboxylic acids is 1. The zero-order chi connectivity index (χ0) is 13.9. The molecule has 19 heavy (non-hydrogen) atoms. The minimum atomic E-state index is -3.27. The van der Waals surface area contributed by atoms with Crippen LogP contribution in [0.3, 0.4) is 0 Å². The van der Waals surface area contributed by atoms with Crippen LogP contribution in [0.2, 0.25) is 0 Å². The lowest BCUT2D eigenvalue weighted by Gasteiger charge is -2.34. The lowest BCUT2D eigenvalue weighted by atomic mass is 9.73. The summed E-state index contributed by atoms with van der Waals surface area (Å²) in [7, 11) is 0. The highest BCUT2D eigenvalue weighted by atomic mass is 19.3. The molecule has 2 aliphatic carbocycles. The van der Waals surface area contributed by atoms with Crippen molar-refractivity contribution in [1.82, 2.24) is 9.78 Å². The third kappa shape index (κ3) is 1.51. The molecule has 0 aliphatic heterocycles. The van der Waals surface area contributed by atoms with Gasteiger partial charge in [0.25, 0.3) is 12.3 Å². The van der Waals surface area contributed by atoms with Gasteiger partial charge in [-0.15, -0.1) is 0 Å². The van der Waals surface area contributed by atoms with Gasteiger partial charge < -0.3 is 5.11 Å². The van der Waals surface area contributed by atoms with Crippen molar-refractivity contribution in [3.63, 3.8) is 0 Å². The van der Waals surface area contributed by atoms with Crippen LogP contribution >= 0.6 is 0 Å². The Morgan fingerprint density at radius 1 is 1.47 bits per heavy atom. The molecule has 0 amide bonds. The number of rotatable bonds is 3. The van der Waals surface area contributed by atoms with Crippen molar-refractivity contribution in [1.29, 1.82) is 0 Å². The Bertz CT molecular complexity index is 555. The molecule has 1 aromatic heterocycles. The summed E-state index contributed by atoms with van der Waals surface area (Å²) in [5, 5.41) is 12.1. The molecule has 1 N–H and O–H groups in total. The predicted molar refractivity (Wildman–Crippen MR) is 54.2 cm³/mol. The molecule has 4 nitrogen and oxygen atoms in total. The molecule has 1 aromatic rings. The van der Waals surface area contributed by atoms with E-state index in [1.54, 1.807) is 0 Å². The summed E-state index contributed by atoms with van der Waals surface area (Å²) in [4.78, 5) is 10.6. The van der Waals surface area contributed by atoms with Gasteiger partial charge >= 0.3 is 5.97 Å². The number of hydrogen-bond donors (Lipinski definition) is 1. The summed E-state index contributed by atoms with van der Waals surface area (Å²) in [5.74, 6) is -6.26. The number of halogens is 4. The maximum absolute atomic E-state index is 14.1. The van der Waals surface area contributed by atoms with Crippen molar-refractivity contribution >= 4 is 5.97 Å². The standard InChI is InChI=1S/C11H10F4N2O2/c12-10(13)8-7-4-1-2-5(4)11(14,15)9(7)17(16-8)3-6(18)19/h4-5,10H,1-3H2,(H,18,19)/t4-,5+/m0/s1. The maximum Gasteiger partial charge on any atom is 0.325 e. The van der Waals surface area contributed by atoms with Crippen molar-refractivity contribution in [3.05, 3.63) is 17.0 Å². The smallest absolute Gasteiger partial charge is 0.325 e. The van der Waals surface area contributed by atoms with Crippen LogP contribution in [0.25, 0.3) is 0 Å². The molecule has 1 fully saturated rings. The molecule has 0 aromatic carbocycles. The molecule has 0 saturated heterocycles. The van der Waals surface area contributed by atoms with Gasteiger partial charge in [-0.1, -0.05) is 0 Å². The number of aromatic nitrogens is 2. The van der Waals surface area contributed by atoms with E-state index in [2.05, 4.69) is 5.10 Å². The minimum Gasteiger partial charge on any atom is -0.480 e. The fourth-order valence-electron chi connectivity index (χ4n) is 3.07. The third-order valence-corrected chi connectivity index (χ3v) is 3.94. The summed E-state index contributed by atoms with van der Waals surface area (Å²) >= 11 is 0. The van der Waals surface area contributed by atoms with E-state index in [0.29, 0.717) is 11.1 Å². The van der Waals surface area contributed by atoms with Crippen molar-refractivity contribution in [2.24, 2.45) is 5.92 Å². The Morgan fingerprint density at radius 3 is 2.63 bits per heavy atom. The summed E-state index contributed by atoms with van der Waals surface area (Å²) < 4.78 is 54.5. The maximum atomic E-state index is 14.1. The second kappa shape index (κ2) is 3.71. The van der Waals surface area contributed by atoms with Gasteiger partial charge in [0, 0.05) is 11.5 Å². The third-order valence-electron chi connectivity index (χ3n) is 3.94. The van der Waals surface area contributed by atoms with Gasteiger partial charge in [-0.05, 0) is 18.8 Å². The number of carboxylic acids is 1. The molecule has 1 saturated carbocycles. The van der Waals surface area contributed by atoms with Crippen molar-refractivity contribution in [2.45, 2.75) is 37.7 Å². The first-order valence-electron chi connectivity index (χ1n) is 5.82. The summed E-state index contributed by atoms with van der Waals surface area (Å²) in [6.45, 7) is -0.829. The zero-order valence-electron chi connectivity index (χ0n) is 9.62. The summed E-state index contributed by atoms with van der Waals surface area (Å²) in [6, 6.07) is 0. The Kier molecular flexibility index (Phi) is 2.42. The fourth-order valence-corrected chi connectivity index (χ4v) is 3.07. The Hall–Kier alpha value is -1.60. The van der Waals surface area contributed by atoms with Crippen molar-refractivity contribution < 1.29 is 27.5 Å². The van der Waals surface area contributed by atoms with Crippen molar-refractivity contribution in [3.8, 4) is 0 Å². The number of alkyl halides is 4. The van der Waals surface area contributed by atoms with E-state index in [-0.39, 0.29) is 12.0 Å². The van der Waals surface area contributed by atoms with E-state index in [1.165, 1.54) is 0 Å². The van der Waals surface area contributed by atoms with E-state index in [9.17, 15) is 22.4 Å². The predicted octanol–water partition coefficient (Wildman–Crippen LogP) is 2.50. The fraction of sp³-hybridized carbons (Fsp3) is 0.636. The van der Waals surface area contributed by atoms with Crippen molar-refractivity contribution in [2.75, 3.05) is 0 Å². The average Bonchev–Trinajstić information content (AvgIpc) is 2.60. The molecule has 104 valence electrons. The molecular formula is C11H10F4N2O2. The molecule has 3 rings (SSSR count). The van der Waals surface area contributed by atoms with Crippen LogP contribution in [0.1, 0.15) is 42.1 Å². The van der Waals surface area contributed by atoms with E-state index < -0.39 is 48.1 Å². The first-order chi connectivity index (χ1) is 8.84. The second-order valence-electron chi connectivity index (χ2n) is 4.91. The quantitative estimate of drug-likeness (QED) is 0.864. The van der Waals surface area contributed by atoms with E-state index in [4.69, 9.17) is 5.11 Å². The van der Waals surface area contributed by atoms with Crippen LogP contribution in [0.4, 0.5) is 17.6 Å². The molecule has 8 heteroatoms. The Labute approximate surface area is 105 Å². The lowest BCUT2D eigenvalue weighted by molar-refractivity contribution is -0.138. The SMILES string of the molecule is O=C(O)Cn1nc(C(F)F)c2c1C(F)(F)[C@@H]1CC[C@H]21. The van der Waals surface area contributed by atoms with Crippen LogP contribution in [0.15, 0.2) is 0 Å². The van der Waals surface area contributed by atoms with Gasteiger partial charge in [-0.25, -0.2) is 8.78 Å². The van der Waals surface area contributed by atoms with Gasteiger partial charge in [0.05, 0.1) is 0 Å². The highest BCUT2D eigenvalue weighted by Crippen LogP contribution is 2.63. The van der Waals surface area contributed by atoms with Crippen LogP contribution < -0.4 is 0 Å². The van der Waals surface area contributed by atoms with E-state index in [1.807, 2.05) is 0 Å². The van der Waals surface area contributed by atoms with Gasteiger partial charge in [0.15, 0.2) is 0 Å². The van der Waals surface area contributed by atoms with Gasteiger partial charge in [-0.3, -0.25) is 9.48 Å². The lowest BCUT2D eigenvalue weighted by Crippen LogP contribution is -2.32. The van der Waals surface area contributed by atoms with Crippen LogP contribution in [-0.4, -0.2) is 20.9 Å². The number of carboxylic acid groups (broad SMARTS) is 1. The summed E-state index contributed by atoms with van der Waals surface area (Å²) in [6.07, 6.45) is -2.28. The first kappa shape index (κ1) is 12.4. The molecule has 1 heterocycles. The van der Waals surface area contributed by atoms with Gasteiger partial charge in [0.2, 0.25) is 0 Å². The first-order valence-corrected chi connectivity index (χ1v) is 5.82. The minimum absolute atomic E-state index is 0.127. The molecule has 2 atom stereocenters. The largest absolute Gasteiger partial charge is 0.480 e. The Morgan fingerprint density at radius 2 is 2.16 bits per heavy atom. The van der Waals surface area contributed by atoms with Gasteiger partial charge in [-0.2, -0.15) is 13.9 Å². The highest BCUT2D eigenvalue weighted by molar-refractivity contribution is 5.66. The van der Waals surface area contributed by atoms with E-state index >= 15 is 0 Å². The number of nitrogens with zero attached hydrogens (tertiary/aromatic N) is 2. The number of carbonyl (C=O) groups is 1. The van der Waals surface area contributed by atoms with Crippen LogP contribution in [0.5, 0.6) is 0 Å². The normalized spacial score (nSPS) is 27.0. The van der Waals surface area contributed by atoms with E-state index in [0.717, 1.165) is 0 Å². The molecule has 2 aliphatic rings. The molecule has 0 bridgehead atoms. The molecule has 0 spiro atoms. The van der Waals surface area contributed by atoms with Crippen LogP contribution in [0, 0.1) is 5.92 Å². The molecule has 0 radical (unpaired) electrons. The zero-order valence-corrected chi connectivity index (χ0v) is 9.62. The van der Waals surface area contributed by atoms with Gasteiger partial charge in [0.1, 0.15) is 17.9 Å². The summed E-state index contributed by atoms with van der Waals surface area (Å²) in [5.41, 5.74) is -1.45. The molecular weight excluding hydrogens is 268 g/mol. The molecule has 0 unspecified atom stereocenters. The topological polar surface area (TPSA) is 55.1 Å². The monoisotopic (exact) mass is 278 g/mol. The number of fused-ring (bicyclic) bond motifs is 3. The highest BCUT2D eigenvalue weighted by Gasteiger charge is 2.62. The second-order valence-corrected chi connectivity index (χ2v) is 4.91. The number of hydrogen-bond acceptors (Lipinski definition) is 2. The Balaban J connectivity index is 2.17.